The third-order valence-corrected chi connectivity index (χ3v) is 2.97. The number of nitrogens with one attached hydrogen (secondary N) is 3. The predicted molar refractivity (Wildman–Crippen MR) is 84.1 cm³/mol. The third-order valence-electron chi connectivity index (χ3n) is 2.97. The molecule has 0 aliphatic rings. The van der Waals surface area contributed by atoms with Crippen molar-refractivity contribution in [1.82, 2.24) is 20.6 Å². The van der Waals surface area contributed by atoms with Crippen molar-refractivity contribution >= 4 is 17.0 Å². The van der Waals surface area contributed by atoms with Crippen LogP contribution in [0.4, 0.5) is 0 Å². The Kier molecular flexibility index (Phi) is 5.41. The Bertz CT molecular complexity index is 517. The molecule has 0 bridgehead atoms. The smallest absolute Gasteiger partial charge is 0.191 e. The lowest BCUT2D eigenvalue weighted by Gasteiger charge is -2.08. The van der Waals surface area contributed by atoms with E-state index in [1.165, 1.54) is 0 Å². The molecule has 1 aromatic heterocycles. The first-order valence-corrected chi connectivity index (χ1v) is 7.29. The molecule has 2 rings (SSSR count). The Morgan fingerprint density at radius 3 is 2.65 bits per heavy atom. The highest BCUT2D eigenvalue weighted by Gasteiger charge is 2.01. The molecule has 1 aromatic carbocycles. The SMILES string of the molecule is CCNC(=NCCCc1nc2ccccc2[nH]1)NCC. The maximum Gasteiger partial charge on any atom is 0.191 e. The summed E-state index contributed by atoms with van der Waals surface area (Å²) in [5.41, 5.74) is 2.14. The number of aryl methyl sites for hydroxylation is 1. The minimum atomic E-state index is 0.798. The summed E-state index contributed by atoms with van der Waals surface area (Å²) in [6.45, 7) is 6.71. The fourth-order valence-corrected chi connectivity index (χ4v) is 2.07. The lowest BCUT2D eigenvalue weighted by molar-refractivity contribution is 0.774. The molecule has 20 heavy (non-hydrogen) atoms. The van der Waals surface area contributed by atoms with Gasteiger partial charge < -0.3 is 15.6 Å². The maximum atomic E-state index is 4.57. The second-order valence-electron chi connectivity index (χ2n) is 4.60. The van der Waals surface area contributed by atoms with E-state index in [0.717, 1.165) is 55.3 Å². The molecule has 0 saturated carbocycles. The van der Waals surface area contributed by atoms with E-state index >= 15 is 0 Å². The number of hydrogen-bond donors (Lipinski definition) is 3. The van der Waals surface area contributed by atoms with E-state index in [9.17, 15) is 0 Å². The van der Waals surface area contributed by atoms with Crippen LogP contribution in [0.15, 0.2) is 29.3 Å². The van der Waals surface area contributed by atoms with Crippen LogP contribution in [0.3, 0.4) is 0 Å². The minimum Gasteiger partial charge on any atom is -0.357 e. The molecule has 0 unspecified atom stereocenters. The third kappa shape index (κ3) is 3.98. The van der Waals surface area contributed by atoms with Crippen LogP contribution in [0, 0.1) is 0 Å². The monoisotopic (exact) mass is 273 g/mol. The first kappa shape index (κ1) is 14.4. The Morgan fingerprint density at radius 2 is 1.95 bits per heavy atom. The van der Waals surface area contributed by atoms with Gasteiger partial charge in [0.15, 0.2) is 5.96 Å². The summed E-state index contributed by atoms with van der Waals surface area (Å²) >= 11 is 0. The van der Waals surface area contributed by atoms with E-state index in [-0.39, 0.29) is 0 Å². The Labute approximate surface area is 119 Å². The quantitative estimate of drug-likeness (QED) is 0.429. The van der Waals surface area contributed by atoms with Gasteiger partial charge in [0.25, 0.3) is 0 Å². The number of rotatable bonds is 6. The average molecular weight is 273 g/mol. The van der Waals surface area contributed by atoms with Crippen molar-refractivity contribution in [2.24, 2.45) is 4.99 Å². The summed E-state index contributed by atoms with van der Waals surface area (Å²) in [6, 6.07) is 8.12. The first-order chi connectivity index (χ1) is 9.83. The number of hydrogen-bond acceptors (Lipinski definition) is 2. The Balaban J connectivity index is 1.84. The molecule has 0 aliphatic carbocycles. The van der Waals surface area contributed by atoms with E-state index in [2.05, 4.69) is 45.5 Å². The summed E-state index contributed by atoms with van der Waals surface area (Å²) in [7, 11) is 0. The zero-order valence-corrected chi connectivity index (χ0v) is 12.2. The fraction of sp³-hybridized carbons (Fsp3) is 0.467. The van der Waals surface area contributed by atoms with Crippen LogP contribution in [0.1, 0.15) is 26.1 Å². The lowest BCUT2D eigenvalue weighted by atomic mass is 10.3. The number of nitrogens with zero attached hydrogens (tertiary/aromatic N) is 2. The van der Waals surface area contributed by atoms with Crippen molar-refractivity contribution in [2.75, 3.05) is 19.6 Å². The Morgan fingerprint density at radius 1 is 1.20 bits per heavy atom. The molecule has 108 valence electrons. The first-order valence-electron chi connectivity index (χ1n) is 7.29. The number of H-pyrrole nitrogens is 1. The van der Waals surface area contributed by atoms with Crippen LogP contribution >= 0.6 is 0 Å². The van der Waals surface area contributed by atoms with E-state index in [4.69, 9.17) is 0 Å². The van der Waals surface area contributed by atoms with Crippen molar-refractivity contribution in [3.63, 3.8) is 0 Å². The van der Waals surface area contributed by atoms with Gasteiger partial charge >= 0.3 is 0 Å². The minimum absolute atomic E-state index is 0.798. The molecule has 0 radical (unpaired) electrons. The van der Waals surface area contributed by atoms with Gasteiger partial charge in [0.05, 0.1) is 11.0 Å². The summed E-state index contributed by atoms with van der Waals surface area (Å²) in [5.74, 6) is 1.93. The number of benzene rings is 1. The summed E-state index contributed by atoms with van der Waals surface area (Å²) < 4.78 is 0. The van der Waals surface area contributed by atoms with Gasteiger partial charge in [-0.05, 0) is 32.4 Å². The number of aliphatic imine (C=N–C) groups is 1. The van der Waals surface area contributed by atoms with Crippen LogP contribution < -0.4 is 10.6 Å². The number of fused-ring (bicyclic) bond motifs is 1. The molecule has 5 nitrogen and oxygen atoms in total. The second-order valence-corrected chi connectivity index (χ2v) is 4.60. The van der Waals surface area contributed by atoms with Crippen LogP contribution in [-0.2, 0) is 6.42 Å². The predicted octanol–water partition coefficient (Wildman–Crippen LogP) is 2.07. The molecule has 0 amide bonds. The molecular weight excluding hydrogens is 250 g/mol. The fourth-order valence-electron chi connectivity index (χ4n) is 2.07. The number of para-hydroxylation sites is 2. The highest BCUT2D eigenvalue weighted by Crippen LogP contribution is 2.11. The molecule has 0 saturated heterocycles. The van der Waals surface area contributed by atoms with E-state index in [0.29, 0.717) is 0 Å². The van der Waals surface area contributed by atoms with E-state index < -0.39 is 0 Å². The van der Waals surface area contributed by atoms with Crippen molar-refractivity contribution in [3.8, 4) is 0 Å². The topological polar surface area (TPSA) is 65.1 Å². The molecule has 3 N–H and O–H groups in total. The zero-order valence-electron chi connectivity index (χ0n) is 12.2. The largest absolute Gasteiger partial charge is 0.357 e. The van der Waals surface area contributed by atoms with Gasteiger partial charge in [-0.2, -0.15) is 0 Å². The molecule has 5 heteroatoms. The highest BCUT2D eigenvalue weighted by molar-refractivity contribution is 5.79. The van der Waals surface area contributed by atoms with Gasteiger partial charge in [-0.25, -0.2) is 4.98 Å². The van der Waals surface area contributed by atoms with Crippen molar-refractivity contribution in [2.45, 2.75) is 26.7 Å². The normalized spacial score (nSPS) is 10.5. The van der Waals surface area contributed by atoms with E-state index in [1.807, 2.05) is 18.2 Å². The molecule has 0 spiro atoms. The Hall–Kier alpha value is -2.04. The highest BCUT2D eigenvalue weighted by atomic mass is 15.2. The molecule has 2 aromatic rings. The average Bonchev–Trinajstić information content (AvgIpc) is 2.86. The summed E-state index contributed by atoms with van der Waals surface area (Å²) in [5, 5.41) is 6.44. The number of aromatic nitrogens is 2. The van der Waals surface area contributed by atoms with Crippen molar-refractivity contribution in [3.05, 3.63) is 30.1 Å². The second kappa shape index (κ2) is 7.53. The van der Waals surface area contributed by atoms with Gasteiger partial charge in [0.2, 0.25) is 0 Å². The van der Waals surface area contributed by atoms with Crippen LogP contribution in [0.5, 0.6) is 0 Å². The van der Waals surface area contributed by atoms with Crippen LogP contribution in [-0.4, -0.2) is 35.6 Å². The molecule has 0 aliphatic heterocycles. The number of aromatic amines is 1. The van der Waals surface area contributed by atoms with Gasteiger partial charge in [0.1, 0.15) is 5.82 Å². The zero-order chi connectivity index (χ0) is 14.2. The van der Waals surface area contributed by atoms with Crippen LogP contribution in [0.25, 0.3) is 11.0 Å². The van der Waals surface area contributed by atoms with E-state index in [1.54, 1.807) is 0 Å². The molecule has 1 heterocycles. The molecule has 0 fully saturated rings. The number of imidazole rings is 1. The maximum absolute atomic E-state index is 4.57. The molecule has 0 atom stereocenters. The van der Waals surface area contributed by atoms with Gasteiger partial charge in [-0.1, -0.05) is 12.1 Å². The van der Waals surface area contributed by atoms with Gasteiger partial charge in [-0.3, -0.25) is 4.99 Å². The van der Waals surface area contributed by atoms with Gasteiger partial charge in [0, 0.05) is 26.1 Å². The lowest BCUT2D eigenvalue weighted by Crippen LogP contribution is -2.37. The molecular formula is C15H23N5. The van der Waals surface area contributed by atoms with Crippen molar-refractivity contribution in [1.29, 1.82) is 0 Å². The standard InChI is InChI=1S/C15H23N5/c1-3-16-15(17-4-2)18-11-7-10-14-19-12-8-5-6-9-13(12)20-14/h5-6,8-9H,3-4,7,10-11H2,1-2H3,(H,19,20)(H2,16,17,18). The number of guanidine groups is 1. The van der Waals surface area contributed by atoms with Crippen LogP contribution in [0.2, 0.25) is 0 Å². The summed E-state index contributed by atoms with van der Waals surface area (Å²) in [4.78, 5) is 12.4. The summed E-state index contributed by atoms with van der Waals surface area (Å²) in [6.07, 6.45) is 1.91. The van der Waals surface area contributed by atoms with Gasteiger partial charge in [-0.15, -0.1) is 0 Å². The van der Waals surface area contributed by atoms with Crippen molar-refractivity contribution < 1.29 is 0 Å².